The molecule has 0 N–H and O–H groups in total. The van der Waals surface area contributed by atoms with E-state index >= 15 is 0 Å². The number of hydrogen-bond donors (Lipinski definition) is 0. The molecule has 2 aliphatic heterocycles. The Kier molecular flexibility index (Phi) is 14.7. The smallest absolute Gasteiger partial charge is 0 e. The average Bonchev–Trinajstić information content (AvgIpc) is 3.29. The van der Waals surface area contributed by atoms with Crippen molar-refractivity contribution in [2.45, 2.75) is 0 Å². The van der Waals surface area contributed by atoms with Crippen molar-refractivity contribution in [2.75, 3.05) is 14.2 Å². The molecule has 5 rings (SSSR count). The standard InChI is InChI=1S/C27H22NO4P.3CO.Cr/c1-31-33(32-2)24(19-11-5-3-6-12-19)17-21(18-25(33)20-13-7-4-8-14-20)28-26(29)22-15-9-10-16-23(22)27(28)30;3*1-2;/h3-18H,1-2H3;;;;/q+1;;;;. The van der Waals surface area contributed by atoms with Gasteiger partial charge in [-0.15, -0.1) is 0 Å². The fourth-order valence-electron chi connectivity index (χ4n) is 4.37. The number of carbonyl (C=O) groups is 2. The van der Waals surface area contributed by atoms with Crippen molar-refractivity contribution in [1.29, 1.82) is 0 Å². The maximum Gasteiger partial charge on any atom is 0 e. The molecule has 0 atom stereocenters. The second-order valence-electron chi connectivity index (χ2n) is 7.62. The summed E-state index contributed by atoms with van der Waals surface area (Å²) in [6.45, 7) is 13.5. The largest absolute Gasteiger partial charge is 0 e. The predicted molar refractivity (Wildman–Crippen MR) is 139 cm³/mol. The molecule has 1 fully saturated rings. The molecule has 0 aliphatic carbocycles. The van der Waals surface area contributed by atoms with Crippen molar-refractivity contribution in [1.82, 2.24) is 4.90 Å². The van der Waals surface area contributed by atoms with Crippen LogP contribution in [0.3, 0.4) is 0 Å². The molecule has 199 valence electrons. The summed E-state index contributed by atoms with van der Waals surface area (Å²) in [7, 11) is 0.519. The van der Waals surface area contributed by atoms with E-state index < -0.39 is 7.72 Å². The molecule has 2 aliphatic rings. The van der Waals surface area contributed by atoms with E-state index in [-0.39, 0.29) is 29.2 Å². The van der Waals surface area contributed by atoms with Crippen molar-refractivity contribution in [3.05, 3.63) is 157 Å². The molecule has 3 aromatic carbocycles. The Bertz CT molecular complexity index is 1210. The predicted octanol–water partition coefficient (Wildman–Crippen LogP) is 5.42. The van der Waals surface area contributed by atoms with E-state index in [9.17, 15) is 9.59 Å². The molecule has 3 aromatic rings. The summed E-state index contributed by atoms with van der Waals surface area (Å²) in [5, 5.41) is 0. The first-order chi connectivity index (χ1) is 19.1. The normalized spacial score (nSPS) is 15.9. The molecule has 2 amide bonds. The quantitative estimate of drug-likeness (QED) is 0.171. The first kappa shape index (κ1) is 34.9. The number of benzene rings is 3. The van der Waals surface area contributed by atoms with Crippen LogP contribution in [-0.4, -0.2) is 30.9 Å². The summed E-state index contributed by atoms with van der Waals surface area (Å²) in [4.78, 5) is 27.8. The molecule has 0 spiro atoms. The summed E-state index contributed by atoms with van der Waals surface area (Å²) >= 11 is 0. The third-order valence-corrected chi connectivity index (χ3v) is 8.98. The molecule has 0 saturated carbocycles. The van der Waals surface area contributed by atoms with Crippen LogP contribution in [0.2, 0.25) is 0 Å². The minimum atomic E-state index is -2.75. The third kappa shape index (κ3) is 6.61. The van der Waals surface area contributed by atoms with Crippen molar-refractivity contribution in [3.8, 4) is 0 Å². The van der Waals surface area contributed by atoms with Gasteiger partial charge in [0.2, 0.25) is 11.3 Å². The Labute approximate surface area is 245 Å². The maximum absolute atomic E-state index is 13.3. The minimum Gasteiger partial charge on any atom is 0 e. The minimum absolute atomic E-state index is 0. The Morgan fingerprint density at radius 2 is 0.925 bits per heavy atom. The van der Waals surface area contributed by atoms with Crippen LogP contribution in [0.25, 0.3) is 0 Å². The zero-order valence-corrected chi connectivity index (χ0v) is 23.6. The van der Waals surface area contributed by atoms with Crippen LogP contribution in [0.5, 0.6) is 0 Å². The van der Waals surface area contributed by atoms with Crippen LogP contribution < -0.4 is 0 Å². The van der Waals surface area contributed by atoms with Gasteiger partial charge in [-0.25, -0.2) is 9.05 Å². The summed E-state index contributed by atoms with van der Waals surface area (Å²) in [6.07, 6.45) is 3.70. The molecule has 2 heterocycles. The third-order valence-electron chi connectivity index (χ3n) is 5.91. The zero-order chi connectivity index (χ0) is 29.0. The number of hydrogen-bond acceptors (Lipinski definition) is 4. The van der Waals surface area contributed by atoms with Crippen LogP contribution in [0.4, 0.5) is 0 Å². The molecule has 0 unspecified atom stereocenters. The second kappa shape index (κ2) is 16.9. The van der Waals surface area contributed by atoms with Gasteiger partial charge in [-0.1, -0.05) is 72.8 Å². The number of fused-ring (bicyclic) bond motifs is 1. The summed E-state index contributed by atoms with van der Waals surface area (Å²) in [6, 6.07) is 27.0. The maximum atomic E-state index is 13.3. The van der Waals surface area contributed by atoms with Gasteiger partial charge in [0.25, 0.3) is 11.8 Å². The molecule has 5 radical (unpaired) electrons. The van der Waals surface area contributed by atoms with E-state index in [1.54, 1.807) is 38.5 Å². The first-order valence-corrected chi connectivity index (χ1v) is 12.7. The molecule has 10 heteroatoms. The van der Waals surface area contributed by atoms with Gasteiger partial charge in [0.1, 0.15) is 0 Å². The van der Waals surface area contributed by atoms with Crippen LogP contribution in [-0.2, 0) is 40.4 Å². The number of nitrogens with zero attached hydrogens (tertiary/aromatic N) is 1. The Morgan fingerprint density at radius 1 is 0.600 bits per heavy atom. The van der Waals surface area contributed by atoms with Gasteiger partial charge in [0, 0.05) is 41.3 Å². The van der Waals surface area contributed by atoms with Crippen molar-refractivity contribution in [3.63, 3.8) is 0 Å². The van der Waals surface area contributed by atoms with Gasteiger partial charge < -0.3 is 0 Å². The van der Waals surface area contributed by atoms with Gasteiger partial charge in [-0.05, 0) is 12.1 Å². The van der Waals surface area contributed by atoms with Gasteiger partial charge in [0.15, 0.2) is 0 Å². The topological polar surface area (TPSA) is 116 Å². The molecule has 8 nitrogen and oxygen atoms in total. The monoisotopic (exact) mass is 591 g/mol. The van der Waals surface area contributed by atoms with Crippen LogP contribution in [0.1, 0.15) is 31.8 Å². The molecular formula is C30H22CrNO7P+. The van der Waals surface area contributed by atoms with Gasteiger partial charge in [0.05, 0.1) is 31.4 Å². The fraction of sp³-hybridized carbons (Fsp3) is 0.0667. The number of amides is 2. The summed E-state index contributed by atoms with van der Waals surface area (Å²) < 4.78 is 34.8. The fourth-order valence-corrected chi connectivity index (χ4v) is 7.14. The Morgan fingerprint density at radius 3 is 1.25 bits per heavy atom. The molecule has 40 heavy (non-hydrogen) atoms. The zero-order valence-electron chi connectivity index (χ0n) is 21.4. The summed E-state index contributed by atoms with van der Waals surface area (Å²) in [5.41, 5.74) is 4.24. The number of imide groups is 1. The van der Waals surface area contributed by atoms with E-state index in [4.69, 9.17) is 23.0 Å². The van der Waals surface area contributed by atoms with Crippen LogP contribution in [0, 0.1) is 50.2 Å². The van der Waals surface area contributed by atoms with Crippen molar-refractivity contribution >= 4 is 19.5 Å². The van der Waals surface area contributed by atoms with E-state index in [1.807, 2.05) is 73.5 Å². The van der Waals surface area contributed by atoms with E-state index in [1.165, 1.54) is 4.90 Å². The van der Waals surface area contributed by atoms with Crippen LogP contribution in [0.15, 0.2) is 84.9 Å². The Hall–Kier alpha value is -3.10. The van der Waals surface area contributed by atoms with E-state index in [0.29, 0.717) is 17.2 Å². The Balaban J connectivity index is 0.00000107. The van der Waals surface area contributed by atoms with Crippen molar-refractivity contribution in [2.24, 2.45) is 0 Å². The van der Waals surface area contributed by atoms with E-state index in [2.05, 4.69) is 20.0 Å². The molecule has 0 aromatic heterocycles. The molecule has 1 saturated heterocycles. The van der Waals surface area contributed by atoms with E-state index in [0.717, 1.165) is 22.4 Å². The van der Waals surface area contributed by atoms with Gasteiger partial charge >= 0.3 is 41.6 Å². The van der Waals surface area contributed by atoms with Crippen LogP contribution >= 0.6 is 7.72 Å². The van der Waals surface area contributed by atoms with Gasteiger partial charge in [-0.3, -0.25) is 14.5 Å². The number of rotatable bonds is 5. The van der Waals surface area contributed by atoms with Crippen molar-refractivity contribution < 1.29 is 50.0 Å². The molecular weight excluding hydrogens is 569 g/mol. The first-order valence-electron chi connectivity index (χ1n) is 11.1. The summed E-state index contributed by atoms with van der Waals surface area (Å²) in [5.74, 6) is -0.669. The molecule has 0 bridgehead atoms. The SMILES string of the molecule is CO[P+]1(OC)[C](c2ccccc2)[CH][C](N2C(=O)c3ccccc3C2=O)[CH][C]1c1ccccc1.[C-]#[O+].[C-]#[O+].[C-]#[O+].[Cr]. The second-order valence-corrected chi connectivity index (χ2v) is 10.4. The number of carbonyl (C=O) groups excluding carboxylic acids is 2. The van der Waals surface area contributed by atoms with Gasteiger partial charge in [-0.2, -0.15) is 0 Å². The average molecular weight is 591 g/mol.